The number of nitrogens with zero attached hydrogens (tertiary/aromatic N) is 1. The summed E-state index contributed by atoms with van der Waals surface area (Å²) < 4.78 is 5.92. The van der Waals surface area contributed by atoms with Crippen LogP contribution in [0.25, 0.3) is 0 Å². The minimum Gasteiger partial charge on any atom is -0.363 e. The van der Waals surface area contributed by atoms with Gasteiger partial charge < -0.3 is 4.74 Å². The Morgan fingerprint density at radius 3 is 2.29 bits per heavy atom. The van der Waals surface area contributed by atoms with Crippen molar-refractivity contribution in [3.63, 3.8) is 0 Å². The van der Waals surface area contributed by atoms with Crippen LogP contribution in [0, 0.1) is 0 Å². The van der Waals surface area contributed by atoms with Crippen LogP contribution >= 0.6 is 0 Å². The summed E-state index contributed by atoms with van der Waals surface area (Å²) in [5.41, 5.74) is 1.44. The highest BCUT2D eigenvalue weighted by molar-refractivity contribution is 6.08. The highest BCUT2D eigenvalue weighted by atomic mass is 16.5. The average molecular weight is 279 g/mol. The zero-order valence-corrected chi connectivity index (χ0v) is 11.7. The molecule has 0 aliphatic carbocycles. The molecule has 2 heterocycles. The molecular weight excluding hydrogens is 262 g/mol. The van der Waals surface area contributed by atoms with E-state index in [0.717, 1.165) is 24.1 Å². The van der Waals surface area contributed by atoms with E-state index >= 15 is 0 Å². The molecule has 3 heteroatoms. The summed E-state index contributed by atoms with van der Waals surface area (Å²) in [7, 11) is 0. The summed E-state index contributed by atoms with van der Waals surface area (Å²) in [4.78, 5) is 14.6. The van der Waals surface area contributed by atoms with E-state index in [4.69, 9.17) is 4.74 Å². The Balaban J connectivity index is 1.79. The van der Waals surface area contributed by atoms with Crippen molar-refractivity contribution in [2.24, 2.45) is 0 Å². The molecule has 3 nitrogen and oxygen atoms in total. The lowest BCUT2D eigenvalue weighted by Gasteiger charge is -2.53. The second-order valence-electron chi connectivity index (χ2n) is 5.67. The number of benzene rings is 2. The molecule has 0 aromatic heterocycles. The number of carbonyl (C=O) groups excluding carboxylic acids is 1. The number of para-hydroxylation sites is 1. The van der Waals surface area contributed by atoms with Crippen LogP contribution in [-0.4, -0.2) is 18.1 Å². The number of ether oxygens (including phenoxy) is 1. The van der Waals surface area contributed by atoms with Crippen molar-refractivity contribution in [2.75, 3.05) is 11.5 Å². The molecule has 4 rings (SSSR count). The summed E-state index contributed by atoms with van der Waals surface area (Å²) in [6, 6.07) is 20.0. The highest BCUT2D eigenvalue weighted by Gasteiger charge is 2.64. The van der Waals surface area contributed by atoms with Crippen molar-refractivity contribution in [1.82, 2.24) is 0 Å². The molecule has 1 spiro atoms. The van der Waals surface area contributed by atoms with Gasteiger partial charge in [-0.05, 0) is 30.5 Å². The molecule has 2 atom stereocenters. The van der Waals surface area contributed by atoms with Crippen molar-refractivity contribution < 1.29 is 9.53 Å². The smallest absolute Gasteiger partial charge is 0.262 e. The van der Waals surface area contributed by atoms with Crippen LogP contribution in [0.1, 0.15) is 24.4 Å². The van der Waals surface area contributed by atoms with Crippen LogP contribution in [0.15, 0.2) is 60.7 Å². The van der Waals surface area contributed by atoms with Gasteiger partial charge in [-0.1, -0.05) is 48.5 Å². The molecule has 1 amide bonds. The van der Waals surface area contributed by atoms with Gasteiger partial charge in [0.25, 0.3) is 5.91 Å². The van der Waals surface area contributed by atoms with Crippen molar-refractivity contribution in [3.8, 4) is 0 Å². The van der Waals surface area contributed by atoms with Gasteiger partial charge in [0, 0.05) is 12.3 Å². The summed E-state index contributed by atoms with van der Waals surface area (Å²) >= 11 is 0. The highest BCUT2D eigenvalue weighted by Crippen LogP contribution is 2.52. The number of hydrogen-bond donors (Lipinski definition) is 0. The predicted octanol–water partition coefficient (Wildman–Crippen LogP) is 3.32. The molecule has 106 valence electrons. The predicted molar refractivity (Wildman–Crippen MR) is 81.0 cm³/mol. The van der Waals surface area contributed by atoms with Gasteiger partial charge in [0.2, 0.25) is 0 Å². The monoisotopic (exact) mass is 279 g/mol. The van der Waals surface area contributed by atoms with Crippen molar-refractivity contribution in [1.29, 1.82) is 0 Å². The van der Waals surface area contributed by atoms with Crippen molar-refractivity contribution in [2.45, 2.75) is 24.5 Å². The number of hydrogen-bond acceptors (Lipinski definition) is 2. The quantitative estimate of drug-likeness (QED) is 0.789. The second-order valence-corrected chi connectivity index (χ2v) is 5.67. The third-order valence-corrected chi connectivity index (χ3v) is 4.48. The molecular formula is C18H17NO2. The fraction of sp³-hybridized carbons (Fsp3) is 0.278. The van der Waals surface area contributed by atoms with Crippen LogP contribution in [0.2, 0.25) is 0 Å². The van der Waals surface area contributed by atoms with E-state index in [1.54, 1.807) is 0 Å². The summed E-state index contributed by atoms with van der Waals surface area (Å²) in [6.45, 7) is 0.678. The van der Waals surface area contributed by atoms with E-state index in [-0.39, 0.29) is 11.9 Å². The minimum absolute atomic E-state index is 0.0175. The number of amides is 1. The zero-order chi connectivity index (χ0) is 14.3. The number of anilines is 1. The van der Waals surface area contributed by atoms with Gasteiger partial charge in [0.15, 0.2) is 5.60 Å². The number of carbonyl (C=O) groups is 1. The molecule has 2 aliphatic rings. The van der Waals surface area contributed by atoms with Gasteiger partial charge in [-0.3, -0.25) is 9.69 Å². The maximum atomic E-state index is 12.8. The first-order valence-electron chi connectivity index (χ1n) is 7.40. The van der Waals surface area contributed by atoms with Gasteiger partial charge >= 0.3 is 0 Å². The molecule has 2 fully saturated rings. The molecule has 0 saturated carbocycles. The molecule has 2 aromatic carbocycles. The molecule has 2 saturated heterocycles. The molecule has 0 radical (unpaired) electrons. The summed E-state index contributed by atoms with van der Waals surface area (Å²) in [5.74, 6) is 0.0973. The van der Waals surface area contributed by atoms with Gasteiger partial charge in [-0.15, -0.1) is 0 Å². The largest absolute Gasteiger partial charge is 0.363 e. The molecule has 0 bridgehead atoms. The van der Waals surface area contributed by atoms with E-state index in [1.165, 1.54) is 0 Å². The number of rotatable bonds is 2. The first-order chi connectivity index (χ1) is 10.3. The third kappa shape index (κ3) is 1.74. The Morgan fingerprint density at radius 2 is 1.67 bits per heavy atom. The SMILES string of the molecule is O=C1N(c2ccccc2)[C@H](c2ccccc2)[C@]12CCCO2. The first kappa shape index (κ1) is 12.6. The summed E-state index contributed by atoms with van der Waals surface area (Å²) in [5, 5.41) is 0. The number of β-lactam (4-membered cyclic amide) rings is 1. The fourth-order valence-electron chi connectivity index (χ4n) is 3.53. The van der Waals surface area contributed by atoms with Gasteiger partial charge in [-0.25, -0.2) is 0 Å². The van der Waals surface area contributed by atoms with E-state index < -0.39 is 5.60 Å². The van der Waals surface area contributed by atoms with Gasteiger partial charge in [-0.2, -0.15) is 0 Å². The lowest BCUT2D eigenvalue weighted by molar-refractivity contribution is -0.156. The van der Waals surface area contributed by atoms with E-state index in [9.17, 15) is 4.79 Å². The Hall–Kier alpha value is -2.13. The fourth-order valence-corrected chi connectivity index (χ4v) is 3.53. The maximum absolute atomic E-state index is 12.8. The first-order valence-corrected chi connectivity index (χ1v) is 7.40. The van der Waals surface area contributed by atoms with Crippen LogP contribution in [0.5, 0.6) is 0 Å². The van der Waals surface area contributed by atoms with Crippen LogP contribution in [0.3, 0.4) is 0 Å². The second kappa shape index (κ2) is 4.71. The lowest BCUT2D eigenvalue weighted by Crippen LogP contribution is -2.68. The van der Waals surface area contributed by atoms with Gasteiger partial charge in [0.05, 0.1) is 0 Å². The Kier molecular flexibility index (Phi) is 2.82. The van der Waals surface area contributed by atoms with Crippen LogP contribution in [-0.2, 0) is 9.53 Å². The Labute approximate surface area is 124 Å². The molecule has 2 aliphatic heterocycles. The topological polar surface area (TPSA) is 29.5 Å². The Bertz CT molecular complexity index is 647. The normalized spacial score (nSPS) is 27.9. The minimum atomic E-state index is -0.642. The third-order valence-electron chi connectivity index (χ3n) is 4.48. The summed E-state index contributed by atoms with van der Waals surface area (Å²) in [6.07, 6.45) is 1.77. The molecule has 21 heavy (non-hydrogen) atoms. The van der Waals surface area contributed by atoms with E-state index in [0.29, 0.717) is 6.61 Å². The van der Waals surface area contributed by atoms with E-state index in [2.05, 4.69) is 12.1 Å². The van der Waals surface area contributed by atoms with E-state index in [1.807, 2.05) is 53.4 Å². The standard InChI is InChI=1S/C18H17NO2/c20-17-18(12-7-13-21-18)16(14-8-3-1-4-9-14)19(17)15-10-5-2-6-11-15/h1-6,8-11,16H,7,12-13H2/t16-,18-/m1/s1. The maximum Gasteiger partial charge on any atom is 0.262 e. The molecule has 2 aromatic rings. The zero-order valence-electron chi connectivity index (χ0n) is 11.7. The van der Waals surface area contributed by atoms with Crippen LogP contribution < -0.4 is 4.90 Å². The lowest BCUT2D eigenvalue weighted by atomic mass is 9.75. The average Bonchev–Trinajstić information content (AvgIpc) is 3.06. The van der Waals surface area contributed by atoms with Gasteiger partial charge in [0.1, 0.15) is 6.04 Å². The Morgan fingerprint density at radius 1 is 1.00 bits per heavy atom. The molecule has 0 N–H and O–H groups in total. The van der Waals surface area contributed by atoms with Crippen LogP contribution in [0.4, 0.5) is 5.69 Å². The van der Waals surface area contributed by atoms with Crippen molar-refractivity contribution in [3.05, 3.63) is 66.2 Å². The molecule has 0 unspecified atom stereocenters. The van der Waals surface area contributed by atoms with Crippen molar-refractivity contribution >= 4 is 11.6 Å².